The van der Waals surface area contributed by atoms with Crippen molar-refractivity contribution in [1.82, 2.24) is 20.5 Å². The van der Waals surface area contributed by atoms with Gasteiger partial charge in [0, 0.05) is 43.1 Å². The smallest absolute Gasteiger partial charge is 0.255 e. The Kier molecular flexibility index (Phi) is 5.79. The molecule has 8 nitrogen and oxygen atoms in total. The first-order valence-electron chi connectivity index (χ1n) is 11.2. The van der Waals surface area contributed by atoms with Gasteiger partial charge in [-0.15, -0.1) is 0 Å². The van der Waals surface area contributed by atoms with Crippen molar-refractivity contribution in [2.75, 3.05) is 0 Å². The zero-order chi connectivity index (χ0) is 24.9. The molecule has 1 aromatic heterocycles. The van der Waals surface area contributed by atoms with E-state index < -0.39 is 35.7 Å². The van der Waals surface area contributed by atoms with Crippen molar-refractivity contribution >= 4 is 35.2 Å². The van der Waals surface area contributed by atoms with Crippen LogP contribution >= 0.6 is 11.6 Å². The Labute approximate surface area is 204 Å². The highest BCUT2D eigenvalue weighted by atomic mass is 35.5. The standard InChI is InChI=1S/C24H21ClF2N4O4/c25-15-2-4-17(28-10-15)20(14-8-24(26,27)9-14)30-21(33)12-1-3-16-13(7-12)11-31(23(16)35)18-5-6-19(32)29-22(18)34/h1-4,7,10,14,18,20H,5-6,8-9,11H2,(H,30,33)(H,29,32,34)/t18-,20-/m0/s1. The molecule has 2 aromatic rings. The normalized spacial score (nSPS) is 22.3. The molecule has 1 saturated heterocycles. The second kappa shape index (κ2) is 8.67. The van der Waals surface area contributed by atoms with E-state index in [9.17, 15) is 28.0 Å². The topological polar surface area (TPSA) is 108 Å². The zero-order valence-corrected chi connectivity index (χ0v) is 19.1. The average Bonchev–Trinajstić information content (AvgIpc) is 3.12. The molecular formula is C24H21ClF2N4O4. The number of nitrogens with one attached hydrogen (secondary N) is 2. The van der Waals surface area contributed by atoms with Gasteiger partial charge in [-0.1, -0.05) is 11.6 Å². The van der Waals surface area contributed by atoms with Crippen LogP contribution in [0.25, 0.3) is 0 Å². The van der Waals surface area contributed by atoms with Crippen LogP contribution in [0, 0.1) is 5.92 Å². The molecule has 3 aliphatic rings. The molecule has 0 unspecified atom stereocenters. The fourth-order valence-corrected chi connectivity index (χ4v) is 5.00. The van der Waals surface area contributed by atoms with Gasteiger partial charge in [0.15, 0.2) is 0 Å². The molecule has 35 heavy (non-hydrogen) atoms. The van der Waals surface area contributed by atoms with Crippen LogP contribution in [-0.2, 0) is 16.1 Å². The summed E-state index contributed by atoms with van der Waals surface area (Å²) in [7, 11) is 0. The molecule has 0 spiro atoms. The Balaban J connectivity index is 1.34. The molecule has 182 valence electrons. The van der Waals surface area contributed by atoms with Crippen LogP contribution in [0.5, 0.6) is 0 Å². The van der Waals surface area contributed by atoms with Crippen molar-refractivity contribution in [2.24, 2.45) is 5.92 Å². The van der Waals surface area contributed by atoms with Crippen LogP contribution in [-0.4, -0.2) is 45.5 Å². The third-order valence-corrected chi connectivity index (χ3v) is 6.96. The lowest BCUT2D eigenvalue weighted by Crippen LogP contribution is -2.52. The molecule has 1 saturated carbocycles. The highest BCUT2D eigenvalue weighted by Crippen LogP contribution is 2.48. The maximum absolute atomic E-state index is 13.6. The summed E-state index contributed by atoms with van der Waals surface area (Å²) in [5.74, 6) is -4.98. The second-order valence-electron chi connectivity index (χ2n) is 9.15. The van der Waals surface area contributed by atoms with E-state index in [0.717, 1.165) is 0 Å². The van der Waals surface area contributed by atoms with Gasteiger partial charge in [-0.3, -0.25) is 29.5 Å². The number of nitrogens with zero attached hydrogens (tertiary/aromatic N) is 2. The Hall–Kier alpha value is -3.40. The van der Waals surface area contributed by atoms with E-state index in [0.29, 0.717) is 21.8 Å². The Morgan fingerprint density at radius 2 is 1.97 bits per heavy atom. The molecule has 11 heteroatoms. The predicted molar refractivity (Wildman–Crippen MR) is 120 cm³/mol. The molecule has 2 aliphatic heterocycles. The Morgan fingerprint density at radius 3 is 2.63 bits per heavy atom. The molecule has 2 N–H and O–H groups in total. The lowest BCUT2D eigenvalue weighted by Gasteiger charge is -2.40. The van der Waals surface area contributed by atoms with Crippen LogP contribution in [0.3, 0.4) is 0 Å². The molecule has 0 radical (unpaired) electrons. The minimum absolute atomic E-state index is 0.124. The van der Waals surface area contributed by atoms with E-state index in [4.69, 9.17) is 11.6 Å². The number of hydrogen-bond acceptors (Lipinski definition) is 5. The molecule has 3 heterocycles. The molecular weight excluding hydrogens is 482 g/mol. The van der Waals surface area contributed by atoms with Gasteiger partial charge in [0.25, 0.3) is 11.8 Å². The quantitative estimate of drug-likeness (QED) is 0.611. The first-order chi connectivity index (χ1) is 16.6. The number of alkyl halides is 2. The Morgan fingerprint density at radius 1 is 1.20 bits per heavy atom. The summed E-state index contributed by atoms with van der Waals surface area (Å²) < 4.78 is 27.2. The predicted octanol–water partition coefficient (Wildman–Crippen LogP) is 3.01. The molecule has 0 bridgehead atoms. The highest BCUT2D eigenvalue weighted by Gasteiger charge is 2.49. The van der Waals surface area contributed by atoms with E-state index in [-0.39, 0.29) is 49.6 Å². The first-order valence-corrected chi connectivity index (χ1v) is 11.6. The molecule has 2 fully saturated rings. The molecule has 5 rings (SSSR count). The van der Waals surface area contributed by atoms with Gasteiger partial charge < -0.3 is 10.2 Å². The number of rotatable bonds is 5. The second-order valence-corrected chi connectivity index (χ2v) is 9.59. The highest BCUT2D eigenvalue weighted by molar-refractivity contribution is 6.30. The number of amides is 4. The third-order valence-electron chi connectivity index (χ3n) is 6.73. The van der Waals surface area contributed by atoms with Gasteiger partial charge in [-0.25, -0.2) is 8.78 Å². The number of imide groups is 1. The summed E-state index contributed by atoms with van der Waals surface area (Å²) in [6.07, 6.45) is 1.06. The summed E-state index contributed by atoms with van der Waals surface area (Å²) in [4.78, 5) is 55.2. The minimum atomic E-state index is -2.77. The zero-order valence-electron chi connectivity index (χ0n) is 18.4. The van der Waals surface area contributed by atoms with Gasteiger partial charge in [-0.2, -0.15) is 0 Å². The van der Waals surface area contributed by atoms with Crippen molar-refractivity contribution in [3.8, 4) is 0 Å². The molecule has 1 aliphatic carbocycles. The van der Waals surface area contributed by atoms with Gasteiger partial charge >= 0.3 is 0 Å². The van der Waals surface area contributed by atoms with Gasteiger partial charge in [0.1, 0.15) is 6.04 Å². The van der Waals surface area contributed by atoms with E-state index in [1.807, 2.05) is 0 Å². The number of pyridine rings is 1. The van der Waals surface area contributed by atoms with Gasteiger partial charge in [0.05, 0.1) is 16.8 Å². The lowest BCUT2D eigenvalue weighted by atomic mass is 9.75. The fourth-order valence-electron chi connectivity index (χ4n) is 4.89. The van der Waals surface area contributed by atoms with E-state index in [2.05, 4.69) is 15.6 Å². The van der Waals surface area contributed by atoms with Crippen LogP contribution in [0.4, 0.5) is 8.78 Å². The number of aromatic nitrogens is 1. The van der Waals surface area contributed by atoms with Crippen LogP contribution in [0.2, 0.25) is 5.02 Å². The molecule has 1 aromatic carbocycles. The molecule has 2 atom stereocenters. The summed E-state index contributed by atoms with van der Waals surface area (Å²) in [5.41, 5.74) is 1.64. The molecule has 4 amide bonds. The third kappa shape index (κ3) is 4.50. The van der Waals surface area contributed by atoms with Crippen molar-refractivity contribution in [2.45, 2.75) is 50.2 Å². The first kappa shape index (κ1) is 23.3. The fraction of sp³-hybridized carbons (Fsp3) is 0.375. The van der Waals surface area contributed by atoms with Crippen molar-refractivity contribution in [3.63, 3.8) is 0 Å². The summed E-state index contributed by atoms with van der Waals surface area (Å²) >= 11 is 5.90. The maximum Gasteiger partial charge on any atom is 0.255 e. The summed E-state index contributed by atoms with van der Waals surface area (Å²) in [5, 5.41) is 5.46. The number of carbonyl (C=O) groups is 4. The summed E-state index contributed by atoms with van der Waals surface area (Å²) in [6.45, 7) is 0.124. The SMILES string of the molecule is O=C1CC[C@H](N2Cc3cc(C(=O)N[C@H](c4ccc(Cl)cn4)C4CC(F)(F)C4)ccc3C2=O)C(=O)N1. The van der Waals surface area contributed by atoms with Crippen molar-refractivity contribution < 1.29 is 28.0 Å². The largest absolute Gasteiger partial charge is 0.343 e. The van der Waals surface area contributed by atoms with E-state index >= 15 is 0 Å². The summed E-state index contributed by atoms with van der Waals surface area (Å²) in [6, 6.07) is 6.27. The van der Waals surface area contributed by atoms with Crippen LogP contribution in [0.1, 0.15) is 63.7 Å². The number of halogens is 3. The van der Waals surface area contributed by atoms with E-state index in [1.54, 1.807) is 18.2 Å². The number of piperidine rings is 1. The lowest BCUT2D eigenvalue weighted by molar-refractivity contribution is -0.136. The number of benzene rings is 1. The van der Waals surface area contributed by atoms with Gasteiger partial charge in [0.2, 0.25) is 17.7 Å². The monoisotopic (exact) mass is 502 g/mol. The number of carbonyl (C=O) groups excluding carboxylic acids is 4. The average molecular weight is 503 g/mol. The van der Waals surface area contributed by atoms with Gasteiger partial charge in [-0.05, 0) is 48.2 Å². The van der Waals surface area contributed by atoms with Crippen LogP contribution in [0.15, 0.2) is 36.5 Å². The maximum atomic E-state index is 13.6. The Bertz CT molecular complexity index is 1230. The van der Waals surface area contributed by atoms with Crippen molar-refractivity contribution in [3.05, 3.63) is 63.9 Å². The minimum Gasteiger partial charge on any atom is -0.343 e. The number of fused-ring (bicyclic) bond motifs is 1. The van der Waals surface area contributed by atoms with Crippen molar-refractivity contribution in [1.29, 1.82) is 0 Å². The van der Waals surface area contributed by atoms with E-state index in [1.165, 1.54) is 23.2 Å². The van der Waals surface area contributed by atoms with Crippen LogP contribution < -0.4 is 10.6 Å². The number of hydrogen-bond donors (Lipinski definition) is 2.